The first-order valence-corrected chi connectivity index (χ1v) is 7.46. The van der Waals surface area contributed by atoms with Crippen molar-refractivity contribution < 1.29 is 42.6 Å². The summed E-state index contributed by atoms with van der Waals surface area (Å²) in [5.74, 6) is 0.549. The number of rotatable bonds is 4. The monoisotopic (exact) mass is 378 g/mol. The minimum Gasteiger partial charge on any atom is -0.748 e. The molecule has 0 spiro atoms. The normalized spacial score (nSPS) is 30.0. The van der Waals surface area contributed by atoms with Gasteiger partial charge in [-0.1, -0.05) is 0 Å². The fourth-order valence-electron chi connectivity index (χ4n) is 2.21. The Balaban J connectivity index is 0.00000108. The second-order valence-electron chi connectivity index (χ2n) is 4.48. The molecule has 0 N–H and O–H groups in total. The van der Waals surface area contributed by atoms with E-state index in [9.17, 15) is 8.76 Å². The van der Waals surface area contributed by atoms with E-state index in [1.807, 2.05) is 0 Å². The average Bonchev–Trinajstić information content (AvgIpc) is 3.07. The summed E-state index contributed by atoms with van der Waals surface area (Å²) in [7, 11) is 0. The van der Waals surface area contributed by atoms with Gasteiger partial charge in [0.25, 0.3) is 0 Å². The molecule has 0 bridgehead atoms. The molecule has 3 aliphatic rings. The third kappa shape index (κ3) is 3.18. The molecule has 17 heavy (non-hydrogen) atoms. The van der Waals surface area contributed by atoms with Gasteiger partial charge < -0.3 is 9.45 Å². The first-order chi connectivity index (χ1) is 7.66. The summed E-state index contributed by atoms with van der Waals surface area (Å²) in [6, 6.07) is 0.586. The zero-order valence-corrected chi connectivity index (χ0v) is 14.5. The summed E-state index contributed by atoms with van der Waals surface area (Å²) in [6.07, 6.45) is 6.62. The molecule has 2 unspecified atom stereocenters. The van der Waals surface area contributed by atoms with Gasteiger partial charge in [0.05, 0.1) is 9.90 Å². The number of halogens is 1. The molecule has 0 radical (unpaired) electrons. The first-order valence-electron chi connectivity index (χ1n) is 5.38. The maximum atomic E-state index is 10.6. The average molecular weight is 378 g/mol. The van der Waals surface area contributed by atoms with Gasteiger partial charge in [-0.25, -0.2) is 9.27 Å². The molecule has 5 nitrogen and oxygen atoms in total. The van der Waals surface area contributed by atoms with Crippen molar-refractivity contribution in [2.75, 3.05) is 0 Å². The third-order valence-electron chi connectivity index (χ3n) is 3.16. The molecule has 2 saturated carbocycles. The zero-order valence-electron chi connectivity index (χ0n) is 9.54. The van der Waals surface area contributed by atoms with Gasteiger partial charge in [-0.15, -0.1) is 0 Å². The third-order valence-corrected chi connectivity index (χ3v) is 4.29. The van der Waals surface area contributed by atoms with Crippen molar-refractivity contribution in [1.29, 1.82) is 0 Å². The Morgan fingerprint density at radius 2 is 2.06 bits per heavy atom. The molecule has 0 aromatic carbocycles. The van der Waals surface area contributed by atoms with Crippen molar-refractivity contribution in [1.82, 2.24) is 9.96 Å². The van der Waals surface area contributed by atoms with Crippen LogP contribution in [0.4, 0.5) is 0 Å². The van der Waals surface area contributed by atoms with E-state index < -0.39 is 11.4 Å². The van der Waals surface area contributed by atoms with E-state index in [4.69, 9.17) is 4.28 Å². The first kappa shape index (κ1) is 14.5. The molecule has 0 saturated heterocycles. The number of hydrogen-bond acceptors (Lipinski definition) is 5. The van der Waals surface area contributed by atoms with Crippen molar-refractivity contribution in [3.63, 3.8) is 0 Å². The maximum absolute atomic E-state index is 10.6. The Bertz CT molecular complexity index is 362. The van der Waals surface area contributed by atoms with Crippen molar-refractivity contribution in [2.45, 2.75) is 37.9 Å². The summed E-state index contributed by atoms with van der Waals surface area (Å²) in [5.41, 5.74) is 0. The van der Waals surface area contributed by atoms with Crippen LogP contribution in [0.2, 0.25) is 0 Å². The van der Waals surface area contributed by atoms with E-state index >= 15 is 0 Å². The largest absolute Gasteiger partial charge is 1.00 e. The second kappa shape index (κ2) is 5.64. The smallest absolute Gasteiger partial charge is 0.748 e. The Kier molecular flexibility index (Phi) is 4.82. The Labute approximate surface area is 139 Å². The van der Waals surface area contributed by atoms with Gasteiger partial charge in [0.15, 0.2) is 0 Å². The van der Waals surface area contributed by atoms with Crippen LogP contribution < -0.4 is 29.6 Å². The Morgan fingerprint density at radius 3 is 2.53 bits per heavy atom. The van der Waals surface area contributed by atoms with Crippen molar-refractivity contribution >= 4 is 34.0 Å². The minimum absolute atomic E-state index is 0. The van der Waals surface area contributed by atoms with Crippen LogP contribution in [-0.2, 0) is 15.6 Å². The van der Waals surface area contributed by atoms with Crippen molar-refractivity contribution in [3.8, 4) is 0 Å². The van der Waals surface area contributed by atoms with E-state index in [0.717, 1.165) is 16.5 Å². The predicted molar refractivity (Wildman–Crippen MR) is 65.3 cm³/mol. The summed E-state index contributed by atoms with van der Waals surface area (Å²) in [5, 5.41) is 1.50. The molecule has 3 rings (SSSR count). The summed E-state index contributed by atoms with van der Waals surface area (Å²) >= 11 is -0.234. The van der Waals surface area contributed by atoms with Crippen LogP contribution in [0.25, 0.3) is 0 Å². The Morgan fingerprint density at radius 1 is 1.41 bits per heavy atom. The van der Waals surface area contributed by atoms with Crippen molar-refractivity contribution in [2.24, 2.45) is 5.92 Å². The molecule has 0 aromatic heterocycles. The fourth-order valence-corrected chi connectivity index (χ4v) is 3.43. The standard InChI is InChI=1S/C9H13IN2O3S.Na/c10-8-5-11(15-16(13)14)9(6-1-2-6)12(8)7-3-4-7;/h5-7,9H,1-4H2,(H,13,14);/q;+1/p-1. The molecule has 2 atom stereocenters. The van der Waals surface area contributed by atoms with Crippen LogP contribution in [0, 0.1) is 5.92 Å². The van der Waals surface area contributed by atoms with E-state index in [-0.39, 0.29) is 35.7 Å². The van der Waals surface area contributed by atoms with Crippen molar-refractivity contribution in [3.05, 3.63) is 9.90 Å². The fraction of sp³-hybridized carbons (Fsp3) is 0.778. The van der Waals surface area contributed by atoms with Gasteiger partial charge in [0.2, 0.25) is 0 Å². The predicted octanol–water partition coefficient (Wildman–Crippen LogP) is -1.53. The topological polar surface area (TPSA) is 55.8 Å². The van der Waals surface area contributed by atoms with E-state index in [2.05, 4.69) is 27.5 Å². The van der Waals surface area contributed by atoms with Gasteiger partial charge in [0.1, 0.15) is 17.5 Å². The number of hydrogen-bond donors (Lipinski definition) is 0. The van der Waals surface area contributed by atoms with Crippen LogP contribution in [0.1, 0.15) is 25.7 Å². The Hall–Kier alpha value is 1.14. The molecule has 0 amide bonds. The van der Waals surface area contributed by atoms with Gasteiger partial charge in [-0.2, -0.15) is 4.28 Å². The van der Waals surface area contributed by atoms with Crippen LogP contribution in [0.3, 0.4) is 0 Å². The molecular weight excluding hydrogens is 366 g/mol. The van der Waals surface area contributed by atoms with Gasteiger partial charge >= 0.3 is 29.6 Å². The SMILES string of the molecule is O=S([O-])ON1C=C(I)N(C2CC2)C1C1CC1.[Na+]. The summed E-state index contributed by atoms with van der Waals surface area (Å²) < 4.78 is 27.2. The van der Waals surface area contributed by atoms with Gasteiger partial charge in [-0.3, -0.25) is 0 Å². The van der Waals surface area contributed by atoms with Crippen LogP contribution >= 0.6 is 22.6 Å². The molecule has 1 heterocycles. The zero-order chi connectivity index (χ0) is 11.3. The minimum atomic E-state index is -2.49. The van der Waals surface area contributed by atoms with Gasteiger partial charge in [0, 0.05) is 12.0 Å². The molecule has 8 heteroatoms. The second-order valence-corrected chi connectivity index (χ2v) is 6.14. The number of hydroxylamine groups is 2. The quantitative estimate of drug-likeness (QED) is 0.257. The van der Waals surface area contributed by atoms with Crippen LogP contribution in [0.5, 0.6) is 0 Å². The maximum Gasteiger partial charge on any atom is 1.00 e. The molecule has 2 fully saturated rings. The van der Waals surface area contributed by atoms with Crippen LogP contribution in [0.15, 0.2) is 9.90 Å². The molecule has 1 aliphatic heterocycles. The summed E-state index contributed by atoms with van der Waals surface area (Å²) in [4.78, 5) is 2.31. The van der Waals surface area contributed by atoms with Gasteiger partial charge in [-0.05, 0) is 48.3 Å². The van der Waals surface area contributed by atoms with Crippen LogP contribution in [-0.4, -0.2) is 30.9 Å². The molecular formula is C9H12IN2NaO3S. The number of nitrogens with zero attached hydrogens (tertiary/aromatic N) is 2. The molecule has 2 aliphatic carbocycles. The van der Waals surface area contributed by atoms with E-state index in [0.29, 0.717) is 12.0 Å². The summed E-state index contributed by atoms with van der Waals surface area (Å²) in [6.45, 7) is 0. The molecule has 0 aromatic rings. The van der Waals surface area contributed by atoms with E-state index in [1.165, 1.54) is 17.9 Å². The van der Waals surface area contributed by atoms with E-state index in [1.54, 1.807) is 6.20 Å². The molecule has 90 valence electrons.